The van der Waals surface area contributed by atoms with Gasteiger partial charge in [0.25, 0.3) is 0 Å². The topological polar surface area (TPSA) is 77.4 Å². The van der Waals surface area contributed by atoms with Crippen LogP contribution in [0.4, 0.5) is 5.82 Å². The molecule has 1 aromatic carbocycles. The van der Waals surface area contributed by atoms with Gasteiger partial charge < -0.3 is 14.4 Å². The van der Waals surface area contributed by atoms with E-state index in [2.05, 4.69) is 51.0 Å². The van der Waals surface area contributed by atoms with Gasteiger partial charge in [0.1, 0.15) is 28.6 Å². The minimum Gasteiger partial charge on any atom is -0.474 e. The summed E-state index contributed by atoms with van der Waals surface area (Å²) in [5, 5.41) is 1.06. The van der Waals surface area contributed by atoms with E-state index in [1.54, 1.807) is 17.7 Å². The minimum absolute atomic E-state index is 0.217. The van der Waals surface area contributed by atoms with E-state index in [1.165, 1.54) is 35.9 Å². The fraction of sp³-hybridized carbons (Fsp3) is 0.548. The van der Waals surface area contributed by atoms with Crippen LogP contribution < -0.4 is 9.64 Å². The van der Waals surface area contributed by atoms with Crippen LogP contribution >= 0.6 is 23.1 Å². The van der Waals surface area contributed by atoms with Gasteiger partial charge in [-0.25, -0.2) is 15.0 Å². The summed E-state index contributed by atoms with van der Waals surface area (Å²) in [6, 6.07) is 10.3. The SMILES string of the molecule is Cc1nc(C)c(CN(Cc2ccc(SC(C)(C)C(=O)OC(C)(C)C)cc2)c2cc(OC3CCCCC3)ncn2)s1. The molecule has 0 spiro atoms. The number of aromatic nitrogens is 3. The highest BCUT2D eigenvalue weighted by Crippen LogP contribution is 2.35. The molecule has 0 atom stereocenters. The molecule has 1 fully saturated rings. The van der Waals surface area contributed by atoms with Crippen LogP contribution in [0.3, 0.4) is 0 Å². The zero-order valence-corrected chi connectivity index (χ0v) is 26.5. The van der Waals surface area contributed by atoms with Gasteiger partial charge in [0.2, 0.25) is 5.88 Å². The second kappa shape index (κ2) is 12.9. The molecule has 0 bridgehead atoms. The lowest BCUT2D eigenvalue weighted by Gasteiger charge is -2.28. The van der Waals surface area contributed by atoms with Crippen molar-refractivity contribution in [1.29, 1.82) is 0 Å². The van der Waals surface area contributed by atoms with Gasteiger partial charge >= 0.3 is 5.97 Å². The summed E-state index contributed by atoms with van der Waals surface area (Å²) >= 11 is 3.23. The first-order valence-corrected chi connectivity index (χ1v) is 15.7. The summed E-state index contributed by atoms with van der Waals surface area (Å²) in [7, 11) is 0. The quantitative estimate of drug-likeness (QED) is 0.178. The van der Waals surface area contributed by atoms with Gasteiger partial charge in [-0.3, -0.25) is 4.79 Å². The number of anilines is 1. The maximum atomic E-state index is 12.7. The molecule has 9 heteroatoms. The van der Waals surface area contributed by atoms with E-state index in [4.69, 9.17) is 9.47 Å². The molecule has 1 saturated carbocycles. The third-order valence-electron chi connectivity index (χ3n) is 6.69. The van der Waals surface area contributed by atoms with Crippen molar-refractivity contribution >= 4 is 34.9 Å². The Balaban J connectivity index is 1.51. The number of esters is 1. The molecule has 216 valence electrons. The van der Waals surface area contributed by atoms with Gasteiger partial charge in [0.15, 0.2) is 0 Å². The lowest BCUT2D eigenvalue weighted by Crippen LogP contribution is -2.36. The number of nitrogens with zero attached hydrogens (tertiary/aromatic N) is 4. The second-order valence-corrected chi connectivity index (χ2v) is 14.9. The Morgan fingerprint density at radius 3 is 2.35 bits per heavy atom. The van der Waals surface area contributed by atoms with Gasteiger partial charge in [-0.05, 0) is 91.8 Å². The number of aryl methyl sites for hydroxylation is 2. The van der Waals surface area contributed by atoms with Crippen molar-refractivity contribution in [1.82, 2.24) is 15.0 Å². The number of benzene rings is 1. The predicted octanol–water partition coefficient (Wildman–Crippen LogP) is 7.68. The van der Waals surface area contributed by atoms with Gasteiger partial charge in [-0.2, -0.15) is 0 Å². The van der Waals surface area contributed by atoms with Crippen molar-refractivity contribution in [3.8, 4) is 5.88 Å². The third kappa shape index (κ3) is 8.67. The van der Waals surface area contributed by atoms with Crippen molar-refractivity contribution in [3.05, 3.63) is 57.8 Å². The van der Waals surface area contributed by atoms with Crippen molar-refractivity contribution in [3.63, 3.8) is 0 Å². The van der Waals surface area contributed by atoms with Crippen LogP contribution in [0.15, 0.2) is 41.6 Å². The highest BCUT2D eigenvalue weighted by Gasteiger charge is 2.33. The highest BCUT2D eigenvalue weighted by atomic mass is 32.2. The zero-order valence-electron chi connectivity index (χ0n) is 24.8. The Morgan fingerprint density at radius 2 is 1.73 bits per heavy atom. The molecule has 0 amide bonds. The Bertz CT molecular complexity index is 1280. The number of hydrogen-bond donors (Lipinski definition) is 0. The minimum atomic E-state index is -0.696. The van der Waals surface area contributed by atoms with E-state index in [-0.39, 0.29) is 12.1 Å². The maximum absolute atomic E-state index is 12.7. The summed E-state index contributed by atoms with van der Waals surface area (Å²) < 4.78 is 11.2. The lowest BCUT2D eigenvalue weighted by atomic mass is 9.98. The largest absolute Gasteiger partial charge is 0.474 e. The fourth-order valence-corrected chi connectivity index (χ4v) is 6.59. The first-order valence-electron chi connectivity index (χ1n) is 14.1. The number of ether oxygens (including phenoxy) is 2. The van der Waals surface area contributed by atoms with Gasteiger partial charge in [0.05, 0.1) is 17.2 Å². The third-order valence-corrected chi connectivity index (χ3v) is 8.93. The molecule has 3 aromatic rings. The Kier molecular flexibility index (Phi) is 9.77. The molecule has 0 radical (unpaired) electrons. The Hall–Kier alpha value is -2.65. The molecule has 1 aliphatic rings. The van der Waals surface area contributed by atoms with Crippen molar-refractivity contribution < 1.29 is 14.3 Å². The Labute approximate surface area is 247 Å². The number of hydrogen-bond acceptors (Lipinski definition) is 9. The van der Waals surface area contributed by atoms with Crippen LogP contribution in [-0.2, 0) is 22.6 Å². The summed E-state index contributed by atoms with van der Waals surface area (Å²) in [5.74, 6) is 1.25. The number of carbonyl (C=O) groups excluding carboxylic acids is 1. The summed E-state index contributed by atoms with van der Waals surface area (Å²) in [6.45, 7) is 15.0. The monoisotopic (exact) mass is 582 g/mol. The number of thiazole rings is 1. The molecular weight excluding hydrogens is 541 g/mol. The van der Waals surface area contributed by atoms with Gasteiger partial charge in [0, 0.05) is 22.4 Å². The molecular formula is C31H42N4O3S2. The molecule has 0 unspecified atom stereocenters. The van der Waals surface area contributed by atoms with Crippen LogP contribution in [0.5, 0.6) is 5.88 Å². The van der Waals surface area contributed by atoms with E-state index in [9.17, 15) is 4.79 Å². The predicted molar refractivity (Wildman–Crippen MR) is 163 cm³/mol. The number of rotatable bonds is 10. The van der Waals surface area contributed by atoms with Gasteiger partial charge in [-0.1, -0.05) is 18.6 Å². The van der Waals surface area contributed by atoms with Crippen molar-refractivity contribution in [2.45, 2.75) is 115 Å². The summed E-state index contributed by atoms with van der Waals surface area (Å²) in [4.78, 5) is 30.9. The van der Waals surface area contributed by atoms with Crippen LogP contribution in [-0.4, -0.2) is 37.4 Å². The van der Waals surface area contributed by atoms with Crippen LogP contribution in [0.25, 0.3) is 0 Å². The Morgan fingerprint density at radius 1 is 1.02 bits per heavy atom. The van der Waals surface area contributed by atoms with Gasteiger partial charge in [-0.15, -0.1) is 23.1 Å². The fourth-order valence-electron chi connectivity index (χ4n) is 4.65. The molecule has 0 aliphatic heterocycles. The average molecular weight is 583 g/mol. The molecule has 0 N–H and O–H groups in total. The molecule has 0 saturated heterocycles. The summed E-state index contributed by atoms with van der Waals surface area (Å²) in [6.07, 6.45) is 7.70. The van der Waals surface area contributed by atoms with Crippen LogP contribution in [0.2, 0.25) is 0 Å². The normalized spacial score (nSPS) is 14.7. The zero-order chi connectivity index (χ0) is 28.9. The van der Waals surface area contributed by atoms with E-state index in [0.717, 1.165) is 39.8 Å². The molecule has 2 aromatic heterocycles. The maximum Gasteiger partial charge on any atom is 0.322 e. The molecule has 1 aliphatic carbocycles. The first kappa shape index (κ1) is 30.3. The first-order chi connectivity index (χ1) is 18.9. The van der Waals surface area contributed by atoms with E-state index >= 15 is 0 Å². The van der Waals surface area contributed by atoms with E-state index < -0.39 is 10.3 Å². The average Bonchev–Trinajstić information content (AvgIpc) is 3.20. The lowest BCUT2D eigenvalue weighted by molar-refractivity contribution is -0.156. The smallest absolute Gasteiger partial charge is 0.322 e. The van der Waals surface area contributed by atoms with E-state index in [1.807, 2.05) is 47.6 Å². The van der Waals surface area contributed by atoms with Crippen molar-refractivity contribution in [2.75, 3.05) is 4.90 Å². The van der Waals surface area contributed by atoms with E-state index in [0.29, 0.717) is 19.0 Å². The molecule has 4 rings (SSSR count). The number of carbonyl (C=O) groups is 1. The van der Waals surface area contributed by atoms with Crippen molar-refractivity contribution in [2.24, 2.45) is 0 Å². The number of thioether (sulfide) groups is 1. The van der Waals surface area contributed by atoms with Crippen LogP contribution in [0.1, 0.15) is 87.9 Å². The molecule has 40 heavy (non-hydrogen) atoms. The standard InChI is InChI=1S/C31H42N4O3S2/c1-21-26(39-22(2)34-21)19-35(27-17-28(33-20-32-27)37-24-11-9-8-10-12-24)18-23-13-15-25(16-14-23)40-31(6,7)29(36)38-30(3,4)5/h13-17,20,24H,8-12,18-19H2,1-7H3. The second-order valence-electron chi connectivity index (χ2n) is 11.9. The molecule has 7 nitrogen and oxygen atoms in total. The summed E-state index contributed by atoms with van der Waals surface area (Å²) in [5.41, 5.74) is 1.68. The highest BCUT2D eigenvalue weighted by molar-refractivity contribution is 8.01. The molecule has 2 heterocycles. The van der Waals surface area contributed by atoms with Crippen LogP contribution in [0, 0.1) is 13.8 Å².